The van der Waals surface area contributed by atoms with E-state index >= 15 is 0 Å². The Morgan fingerprint density at radius 2 is 2.04 bits per heavy atom. The lowest BCUT2D eigenvalue weighted by molar-refractivity contribution is 0.517. The number of halogens is 1. The minimum absolute atomic E-state index is 0.147. The standard InChI is InChI=1S/C17H21ClN6/c1-13(20-8-3-10-23-11-9-19-12-23)17-14(2)24(22-21-17)16-6-4-15(18)5-7-16/h4-7,9,11-13,20H,3,8,10H2,1-2H3/t13-/m1/s1. The lowest BCUT2D eigenvalue weighted by Crippen LogP contribution is -2.22. The van der Waals surface area contributed by atoms with E-state index in [1.807, 2.05) is 48.4 Å². The van der Waals surface area contributed by atoms with E-state index in [2.05, 4.69) is 32.1 Å². The third kappa shape index (κ3) is 3.83. The smallest absolute Gasteiger partial charge is 0.103 e. The monoisotopic (exact) mass is 344 g/mol. The Bertz CT molecular complexity index is 763. The zero-order chi connectivity index (χ0) is 16.9. The van der Waals surface area contributed by atoms with Crippen molar-refractivity contribution in [2.45, 2.75) is 32.9 Å². The lowest BCUT2D eigenvalue weighted by atomic mass is 10.2. The van der Waals surface area contributed by atoms with E-state index in [0.717, 1.165) is 36.6 Å². The maximum atomic E-state index is 5.94. The number of hydrogen-bond donors (Lipinski definition) is 1. The van der Waals surface area contributed by atoms with E-state index < -0.39 is 0 Å². The van der Waals surface area contributed by atoms with Crippen molar-refractivity contribution in [3.63, 3.8) is 0 Å². The molecular weight excluding hydrogens is 324 g/mol. The van der Waals surface area contributed by atoms with Crippen LogP contribution in [0, 0.1) is 6.92 Å². The zero-order valence-electron chi connectivity index (χ0n) is 13.9. The van der Waals surface area contributed by atoms with E-state index in [-0.39, 0.29) is 6.04 Å². The van der Waals surface area contributed by atoms with Crippen molar-refractivity contribution in [2.24, 2.45) is 0 Å². The van der Waals surface area contributed by atoms with Crippen LogP contribution in [-0.2, 0) is 6.54 Å². The summed E-state index contributed by atoms with van der Waals surface area (Å²) in [6.45, 7) is 6.01. The van der Waals surface area contributed by atoms with Gasteiger partial charge in [-0.05, 0) is 51.1 Å². The van der Waals surface area contributed by atoms with Crippen LogP contribution in [0.5, 0.6) is 0 Å². The van der Waals surface area contributed by atoms with Gasteiger partial charge >= 0.3 is 0 Å². The molecule has 0 spiro atoms. The Hall–Kier alpha value is -2.18. The van der Waals surface area contributed by atoms with E-state index in [9.17, 15) is 0 Å². The van der Waals surface area contributed by atoms with Crippen molar-refractivity contribution in [3.05, 3.63) is 59.4 Å². The molecule has 1 aromatic carbocycles. The number of aryl methyl sites for hydroxylation is 1. The number of benzene rings is 1. The molecule has 0 aliphatic rings. The molecular formula is C17H21ClN6. The van der Waals surface area contributed by atoms with Crippen LogP contribution < -0.4 is 5.32 Å². The molecule has 2 heterocycles. The van der Waals surface area contributed by atoms with Gasteiger partial charge < -0.3 is 9.88 Å². The third-order valence-electron chi connectivity index (χ3n) is 4.01. The fourth-order valence-electron chi connectivity index (χ4n) is 2.66. The SMILES string of the molecule is Cc1c([C@@H](C)NCCCn2ccnc2)nnn1-c1ccc(Cl)cc1. The molecule has 7 heteroatoms. The molecule has 3 aromatic rings. The minimum Gasteiger partial charge on any atom is -0.337 e. The van der Waals surface area contributed by atoms with Crippen molar-refractivity contribution in [1.29, 1.82) is 0 Å². The van der Waals surface area contributed by atoms with Crippen LogP contribution in [-0.4, -0.2) is 31.1 Å². The molecule has 0 unspecified atom stereocenters. The van der Waals surface area contributed by atoms with Gasteiger partial charge in [-0.15, -0.1) is 5.10 Å². The second-order valence-electron chi connectivity index (χ2n) is 5.78. The summed E-state index contributed by atoms with van der Waals surface area (Å²) in [6.07, 6.45) is 6.65. The van der Waals surface area contributed by atoms with Crippen LogP contribution in [0.3, 0.4) is 0 Å². The molecule has 0 aliphatic carbocycles. The van der Waals surface area contributed by atoms with E-state index in [4.69, 9.17) is 11.6 Å². The lowest BCUT2D eigenvalue weighted by Gasteiger charge is -2.12. The first-order chi connectivity index (χ1) is 11.6. The van der Waals surface area contributed by atoms with Gasteiger partial charge in [0.15, 0.2) is 0 Å². The number of nitrogens with zero attached hydrogens (tertiary/aromatic N) is 5. The number of imidazole rings is 1. The van der Waals surface area contributed by atoms with Crippen LogP contribution >= 0.6 is 11.6 Å². The van der Waals surface area contributed by atoms with E-state index in [1.54, 1.807) is 6.20 Å². The summed E-state index contributed by atoms with van der Waals surface area (Å²) in [5, 5.41) is 12.8. The quantitative estimate of drug-likeness (QED) is 0.669. The fourth-order valence-corrected chi connectivity index (χ4v) is 2.79. The molecule has 0 bridgehead atoms. The van der Waals surface area contributed by atoms with Gasteiger partial charge in [-0.3, -0.25) is 0 Å². The predicted molar refractivity (Wildman–Crippen MR) is 94.4 cm³/mol. The van der Waals surface area contributed by atoms with Crippen molar-refractivity contribution in [3.8, 4) is 5.69 Å². The summed E-state index contributed by atoms with van der Waals surface area (Å²) in [4.78, 5) is 4.05. The van der Waals surface area contributed by atoms with E-state index in [0.29, 0.717) is 5.02 Å². The summed E-state index contributed by atoms with van der Waals surface area (Å²) in [6, 6.07) is 7.74. The molecule has 0 fully saturated rings. The highest BCUT2D eigenvalue weighted by Gasteiger charge is 2.15. The highest BCUT2D eigenvalue weighted by molar-refractivity contribution is 6.30. The molecule has 0 amide bonds. The average molecular weight is 345 g/mol. The molecule has 0 saturated carbocycles. The number of rotatable bonds is 7. The Labute approximate surface area is 146 Å². The van der Waals surface area contributed by atoms with Crippen LogP contribution in [0.1, 0.15) is 30.8 Å². The van der Waals surface area contributed by atoms with Gasteiger partial charge in [0.2, 0.25) is 0 Å². The van der Waals surface area contributed by atoms with Crippen molar-refractivity contribution >= 4 is 11.6 Å². The maximum Gasteiger partial charge on any atom is 0.103 e. The van der Waals surface area contributed by atoms with Crippen molar-refractivity contribution in [1.82, 2.24) is 29.9 Å². The molecule has 3 rings (SSSR count). The summed E-state index contributed by atoms with van der Waals surface area (Å²) in [7, 11) is 0. The Balaban J connectivity index is 1.59. The van der Waals surface area contributed by atoms with Gasteiger partial charge in [-0.1, -0.05) is 16.8 Å². The largest absolute Gasteiger partial charge is 0.337 e. The van der Waals surface area contributed by atoms with E-state index in [1.165, 1.54) is 0 Å². The predicted octanol–water partition coefficient (Wildman–Crippen LogP) is 3.17. The highest BCUT2D eigenvalue weighted by Crippen LogP contribution is 2.19. The Morgan fingerprint density at radius 3 is 2.75 bits per heavy atom. The Kier molecular flexibility index (Phi) is 5.27. The van der Waals surface area contributed by atoms with Crippen LogP contribution in [0.4, 0.5) is 0 Å². The Morgan fingerprint density at radius 1 is 1.25 bits per heavy atom. The van der Waals surface area contributed by atoms with Crippen LogP contribution in [0.15, 0.2) is 43.0 Å². The second-order valence-corrected chi connectivity index (χ2v) is 6.21. The van der Waals surface area contributed by atoms with Gasteiger partial charge in [-0.25, -0.2) is 9.67 Å². The summed E-state index contributed by atoms with van der Waals surface area (Å²) in [5.41, 5.74) is 2.96. The number of nitrogens with one attached hydrogen (secondary N) is 1. The van der Waals surface area contributed by atoms with Gasteiger partial charge in [0.05, 0.1) is 23.8 Å². The van der Waals surface area contributed by atoms with Crippen LogP contribution in [0.2, 0.25) is 5.02 Å². The number of aromatic nitrogens is 5. The first kappa shape index (κ1) is 16.7. The van der Waals surface area contributed by atoms with Gasteiger partial charge in [0.25, 0.3) is 0 Å². The van der Waals surface area contributed by atoms with Gasteiger partial charge in [-0.2, -0.15) is 0 Å². The topological polar surface area (TPSA) is 60.6 Å². The molecule has 126 valence electrons. The zero-order valence-corrected chi connectivity index (χ0v) is 14.6. The fraction of sp³-hybridized carbons (Fsp3) is 0.353. The van der Waals surface area contributed by atoms with Crippen molar-refractivity contribution < 1.29 is 0 Å². The molecule has 24 heavy (non-hydrogen) atoms. The molecule has 1 N–H and O–H groups in total. The summed E-state index contributed by atoms with van der Waals surface area (Å²) >= 11 is 5.94. The number of hydrogen-bond acceptors (Lipinski definition) is 4. The highest BCUT2D eigenvalue weighted by atomic mass is 35.5. The summed E-state index contributed by atoms with van der Waals surface area (Å²) < 4.78 is 3.92. The molecule has 6 nitrogen and oxygen atoms in total. The summed E-state index contributed by atoms with van der Waals surface area (Å²) in [5.74, 6) is 0. The first-order valence-corrected chi connectivity index (χ1v) is 8.40. The van der Waals surface area contributed by atoms with Crippen molar-refractivity contribution in [2.75, 3.05) is 6.54 Å². The molecule has 0 saturated heterocycles. The third-order valence-corrected chi connectivity index (χ3v) is 4.27. The molecule has 2 aromatic heterocycles. The molecule has 0 radical (unpaired) electrons. The minimum atomic E-state index is 0.147. The maximum absolute atomic E-state index is 5.94. The van der Waals surface area contributed by atoms with Gasteiger partial charge in [0, 0.05) is 24.0 Å². The average Bonchev–Trinajstić information content (AvgIpc) is 3.22. The molecule has 1 atom stereocenters. The normalized spacial score (nSPS) is 12.5. The van der Waals surface area contributed by atoms with Gasteiger partial charge in [0.1, 0.15) is 5.69 Å². The van der Waals surface area contributed by atoms with Crippen LogP contribution in [0.25, 0.3) is 5.69 Å². The molecule has 0 aliphatic heterocycles. The first-order valence-electron chi connectivity index (χ1n) is 8.02. The second kappa shape index (κ2) is 7.59.